The molecule has 0 saturated heterocycles. The lowest BCUT2D eigenvalue weighted by Crippen LogP contribution is -2.30. The summed E-state index contributed by atoms with van der Waals surface area (Å²) in [5.41, 5.74) is 1.41. The third kappa shape index (κ3) is 1.20. The Morgan fingerprint density at radius 3 is 3.45 bits per heavy atom. The molecule has 0 amide bonds. The molecule has 11 heavy (non-hydrogen) atoms. The molecule has 1 atom stereocenters. The molecule has 0 bridgehead atoms. The normalized spacial score (nSPS) is 23.2. The van der Waals surface area contributed by atoms with Gasteiger partial charge in [0.15, 0.2) is 0 Å². The van der Waals surface area contributed by atoms with Crippen LogP contribution in [0.4, 0.5) is 0 Å². The zero-order chi connectivity index (χ0) is 7.68. The van der Waals surface area contributed by atoms with Crippen LogP contribution in [0.2, 0.25) is 0 Å². The van der Waals surface area contributed by atoms with E-state index in [2.05, 4.69) is 16.8 Å². The van der Waals surface area contributed by atoms with Crippen LogP contribution >= 0.6 is 11.3 Å². The van der Waals surface area contributed by atoms with Gasteiger partial charge in [-0.25, -0.2) is 0 Å². The summed E-state index contributed by atoms with van der Waals surface area (Å²) in [6.45, 7) is 1.21. The molecule has 0 aromatic carbocycles. The lowest BCUT2D eigenvalue weighted by atomic mass is 10.1. The van der Waals surface area contributed by atoms with Crippen molar-refractivity contribution < 1.29 is 5.11 Å². The Labute approximate surface area is 69.9 Å². The first-order chi connectivity index (χ1) is 5.42. The monoisotopic (exact) mass is 169 g/mol. The van der Waals surface area contributed by atoms with Gasteiger partial charge in [-0.05, 0) is 30.0 Å². The predicted octanol–water partition coefficient (Wildman–Crippen LogP) is 0.927. The number of hydrogen-bond acceptors (Lipinski definition) is 3. The van der Waals surface area contributed by atoms with E-state index in [1.54, 1.807) is 11.3 Å². The van der Waals surface area contributed by atoms with Crippen LogP contribution in [-0.4, -0.2) is 18.3 Å². The fourth-order valence-corrected chi connectivity index (χ4v) is 2.50. The Kier molecular flexibility index (Phi) is 1.94. The summed E-state index contributed by atoms with van der Waals surface area (Å²) < 4.78 is 0. The van der Waals surface area contributed by atoms with Crippen molar-refractivity contribution in [3.63, 3.8) is 0 Å². The van der Waals surface area contributed by atoms with Crippen molar-refractivity contribution in [3.05, 3.63) is 21.9 Å². The van der Waals surface area contributed by atoms with Gasteiger partial charge in [0.25, 0.3) is 0 Å². The van der Waals surface area contributed by atoms with E-state index < -0.39 is 0 Å². The maximum Gasteiger partial charge on any atom is 0.0652 e. The van der Waals surface area contributed by atoms with Crippen molar-refractivity contribution in [3.8, 4) is 0 Å². The molecule has 1 aliphatic heterocycles. The van der Waals surface area contributed by atoms with Crippen LogP contribution in [0.5, 0.6) is 0 Å². The summed E-state index contributed by atoms with van der Waals surface area (Å²) >= 11 is 1.74. The van der Waals surface area contributed by atoms with Crippen LogP contribution in [0.15, 0.2) is 11.4 Å². The van der Waals surface area contributed by atoms with Crippen LogP contribution in [0.3, 0.4) is 0 Å². The zero-order valence-electron chi connectivity index (χ0n) is 6.21. The summed E-state index contributed by atoms with van der Waals surface area (Å²) in [6, 6.07) is 2.35. The second-order valence-electron chi connectivity index (χ2n) is 2.75. The van der Waals surface area contributed by atoms with E-state index in [0.29, 0.717) is 0 Å². The van der Waals surface area contributed by atoms with Gasteiger partial charge < -0.3 is 10.4 Å². The van der Waals surface area contributed by atoms with Gasteiger partial charge in [0.1, 0.15) is 0 Å². The molecule has 0 saturated carbocycles. The standard InChI is InChI=1S/C8H11NOS/c10-5-7-8-6(1-3-9-7)2-4-11-8/h2,4,7,9-10H,1,3,5H2. The Morgan fingerprint density at radius 1 is 1.73 bits per heavy atom. The van der Waals surface area contributed by atoms with Crippen molar-refractivity contribution in [1.29, 1.82) is 0 Å². The van der Waals surface area contributed by atoms with Crippen molar-refractivity contribution in [2.24, 2.45) is 0 Å². The van der Waals surface area contributed by atoms with Crippen molar-refractivity contribution in [1.82, 2.24) is 5.32 Å². The van der Waals surface area contributed by atoms with E-state index in [4.69, 9.17) is 5.11 Å². The molecule has 1 aromatic rings. The van der Waals surface area contributed by atoms with E-state index in [-0.39, 0.29) is 12.6 Å². The third-order valence-electron chi connectivity index (χ3n) is 2.06. The van der Waals surface area contributed by atoms with E-state index in [1.807, 2.05) is 0 Å². The maximum absolute atomic E-state index is 9.00. The van der Waals surface area contributed by atoms with E-state index >= 15 is 0 Å². The van der Waals surface area contributed by atoms with E-state index in [0.717, 1.165) is 13.0 Å². The average Bonchev–Trinajstić information content (AvgIpc) is 2.50. The number of fused-ring (bicyclic) bond motifs is 1. The highest BCUT2D eigenvalue weighted by atomic mass is 32.1. The number of aliphatic hydroxyl groups excluding tert-OH is 1. The molecule has 2 heterocycles. The minimum atomic E-state index is 0.193. The molecule has 0 radical (unpaired) electrons. The van der Waals surface area contributed by atoms with Crippen LogP contribution in [0.25, 0.3) is 0 Å². The molecule has 0 aliphatic carbocycles. The first kappa shape index (κ1) is 7.28. The van der Waals surface area contributed by atoms with Gasteiger partial charge in [0.05, 0.1) is 12.6 Å². The highest BCUT2D eigenvalue weighted by molar-refractivity contribution is 7.10. The molecule has 1 unspecified atom stereocenters. The molecule has 1 aromatic heterocycles. The minimum Gasteiger partial charge on any atom is -0.394 e. The lowest BCUT2D eigenvalue weighted by molar-refractivity contribution is 0.242. The first-order valence-electron chi connectivity index (χ1n) is 3.82. The van der Waals surface area contributed by atoms with E-state index in [9.17, 15) is 0 Å². The number of hydrogen-bond donors (Lipinski definition) is 2. The highest BCUT2D eigenvalue weighted by Gasteiger charge is 2.19. The van der Waals surface area contributed by atoms with Gasteiger partial charge in [-0.1, -0.05) is 0 Å². The van der Waals surface area contributed by atoms with Crippen LogP contribution in [-0.2, 0) is 6.42 Å². The number of nitrogens with one attached hydrogen (secondary N) is 1. The third-order valence-corrected chi connectivity index (χ3v) is 3.14. The fraction of sp³-hybridized carbons (Fsp3) is 0.500. The van der Waals surface area contributed by atoms with Crippen molar-refractivity contribution in [2.75, 3.05) is 13.2 Å². The fourth-order valence-electron chi connectivity index (χ4n) is 1.48. The highest BCUT2D eigenvalue weighted by Crippen LogP contribution is 2.27. The van der Waals surface area contributed by atoms with Gasteiger partial charge in [-0.3, -0.25) is 0 Å². The van der Waals surface area contributed by atoms with Gasteiger partial charge in [-0.15, -0.1) is 11.3 Å². The quantitative estimate of drug-likeness (QED) is 0.655. The smallest absolute Gasteiger partial charge is 0.0652 e. The number of thiophene rings is 1. The Morgan fingerprint density at radius 2 is 2.64 bits per heavy atom. The molecule has 1 aliphatic rings. The molecule has 0 spiro atoms. The molecule has 0 fully saturated rings. The Bertz CT molecular complexity index is 246. The predicted molar refractivity (Wildman–Crippen MR) is 45.9 cm³/mol. The largest absolute Gasteiger partial charge is 0.394 e. The summed E-state index contributed by atoms with van der Waals surface area (Å²) in [5.74, 6) is 0. The molecule has 2 N–H and O–H groups in total. The Hall–Kier alpha value is -0.380. The van der Waals surface area contributed by atoms with Gasteiger partial charge in [0, 0.05) is 4.88 Å². The molecule has 2 nitrogen and oxygen atoms in total. The van der Waals surface area contributed by atoms with Crippen LogP contribution < -0.4 is 5.32 Å². The Balaban J connectivity index is 2.32. The molecular weight excluding hydrogens is 158 g/mol. The number of rotatable bonds is 1. The second kappa shape index (κ2) is 2.93. The molecule has 3 heteroatoms. The van der Waals surface area contributed by atoms with Gasteiger partial charge in [-0.2, -0.15) is 0 Å². The van der Waals surface area contributed by atoms with Crippen LogP contribution in [0.1, 0.15) is 16.5 Å². The molecule has 60 valence electrons. The zero-order valence-corrected chi connectivity index (χ0v) is 7.03. The van der Waals surface area contributed by atoms with Crippen molar-refractivity contribution >= 4 is 11.3 Å². The van der Waals surface area contributed by atoms with Crippen molar-refractivity contribution in [2.45, 2.75) is 12.5 Å². The topological polar surface area (TPSA) is 32.3 Å². The second-order valence-corrected chi connectivity index (χ2v) is 3.70. The summed E-state index contributed by atoms with van der Waals surface area (Å²) in [5, 5.41) is 14.4. The SMILES string of the molecule is OCC1NCCc2ccsc21. The summed E-state index contributed by atoms with van der Waals surface area (Å²) in [4.78, 5) is 1.32. The first-order valence-corrected chi connectivity index (χ1v) is 4.70. The average molecular weight is 169 g/mol. The molecule has 2 rings (SSSR count). The minimum absolute atomic E-state index is 0.193. The number of aliphatic hydroxyl groups is 1. The lowest BCUT2D eigenvalue weighted by Gasteiger charge is -2.21. The van der Waals surface area contributed by atoms with Gasteiger partial charge in [0.2, 0.25) is 0 Å². The maximum atomic E-state index is 9.00. The summed E-state index contributed by atoms with van der Waals surface area (Å²) in [6.07, 6.45) is 1.11. The van der Waals surface area contributed by atoms with Crippen LogP contribution in [0, 0.1) is 0 Å². The van der Waals surface area contributed by atoms with Gasteiger partial charge >= 0.3 is 0 Å². The summed E-state index contributed by atoms with van der Waals surface area (Å²) in [7, 11) is 0. The molecular formula is C8H11NOS. The van der Waals surface area contributed by atoms with E-state index in [1.165, 1.54) is 10.4 Å².